The van der Waals surface area contributed by atoms with Gasteiger partial charge in [-0.1, -0.05) is 57.9 Å². The van der Waals surface area contributed by atoms with Gasteiger partial charge in [0.15, 0.2) is 15.8 Å². The molecule has 178 valence electrons. The van der Waals surface area contributed by atoms with Crippen molar-refractivity contribution in [2.45, 2.75) is 31.3 Å². The Morgan fingerprint density at radius 3 is 2.69 bits per heavy atom. The molecule has 1 aromatic carbocycles. The Kier molecular flexibility index (Phi) is 6.14. The Labute approximate surface area is 216 Å². The fraction of sp³-hybridized carbons (Fsp3) is 0.227. The van der Waals surface area contributed by atoms with Crippen LogP contribution >= 0.6 is 45.9 Å². The van der Waals surface area contributed by atoms with E-state index in [1.807, 2.05) is 0 Å². The summed E-state index contributed by atoms with van der Waals surface area (Å²) in [5, 5.41) is 17.0. The molecule has 9 nitrogen and oxygen atoms in total. The highest BCUT2D eigenvalue weighted by Gasteiger charge is 2.54. The second-order valence-corrected chi connectivity index (χ2v) is 10.7. The number of nitrogens with one attached hydrogen (secondary N) is 1. The van der Waals surface area contributed by atoms with E-state index in [-0.39, 0.29) is 16.6 Å². The van der Waals surface area contributed by atoms with Crippen LogP contribution in [0.3, 0.4) is 0 Å². The zero-order valence-electron chi connectivity index (χ0n) is 17.8. The van der Waals surface area contributed by atoms with Gasteiger partial charge in [-0.2, -0.15) is 0 Å². The number of ether oxygens (including phenoxy) is 1. The highest BCUT2D eigenvalue weighted by atomic mass is 35.5. The van der Waals surface area contributed by atoms with Gasteiger partial charge in [0.2, 0.25) is 5.76 Å². The number of carbonyl (C=O) groups excluding carboxylic acids is 1. The van der Waals surface area contributed by atoms with Gasteiger partial charge >= 0.3 is 12.1 Å². The van der Waals surface area contributed by atoms with Crippen LogP contribution in [0.2, 0.25) is 10.2 Å². The minimum absolute atomic E-state index is 0.0207. The van der Waals surface area contributed by atoms with E-state index in [9.17, 15) is 14.7 Å². The summed E-state index contributed by atoms with van der Waals surface area (Å²) in [6.45, 7) is 1.69. The van der Waals surface area contributed by atoms with E-state index in [1.54, 1.807) is 31.2 Å². The summed E-state index contributed by atoms with van der Waals surface area (Å²) in [5.74, 6) is 4.75. The van der Waals surface area contributed by atoms with Crippen LogP contribution in [0.4, 0.5) is 10.5 Å². The molecule has 1 amide bonds. The molecule has 1 saturated carbocycles. The van der Waals surface area contributed by atoms with E-state index in [2.05, 4.69) is 32.3 Å². The van der Waals surface area contributed by atoms with E-state index in [0.717, 1.165) is 4.01 Å². The number of fused-ring (bicyclic) bond motifs is 1. The fourth-order valence-corrected chi connectivity index (χ4v) is 5.95. The van der Waals surface area contributed by atoms with Gasteiger partial charge in [0.25, 0.3) is 0 Å². The largest absolute Gasteiger partial charge is 0.481 e. The van der Waals surface area contributed by atoms with Crippen molar-refractivity contribution in [3.8, 4) is 11.8 Å². The molecule has 1 aliphatic rings. The summed E-state index contributed by atoms with van der Waals surface area (Å²) in [7, 11) is 0. The molecule has 4 aromatic rings. The van der Waals surface area contributed by atoms with Gasteiger partial charge < -0.3 is 14.4 Å². The topological polar surface area (TPSA) is 127 Å². The zero-order chi connectivity index (χ0) is 24.7. The molecule has 5 rings (SSSR count). The quantitative estimate of drug-likeness (QED) is 0.296. The normalized spacial score (nSPS) is 14.7. The first-order valence-corrected chi connectivity index (χ1v) is 12.6. The van der Waals surface area contributed by atoms with Crippen LogP contribution in [-0.2, 0) is 14.9 Å². The van der Waals surface area contributed by atoms with Crippen molar-refractivity contribution in [3.05, 3.63) is 55.8 Å². The molecule has 1 atom stereocenters. The molecule has 3 aromatic heterocycles. The molecule has 1 unspecified atom stereocenters. The average molecular weight is 549 g/mol. The smallest absolute Gasteiger partial charge is 0.412 e. The molecule has 2 N–H and O–H groups in total. The number of aliphatic carboxylic acids is 1. The molecule has 13 heteroatoms. The second-order valence-electron chi connectivity index (χ2n) is 7.66. The highest BCUT2D eigenvalue weighted by Crippen LogP contribution is 2.51. The number of anilines is 1. The van der Waals surface area contributed by atoms with Crippen LogP contribution in [-0.4, -0.2) is 32.3 Å². The molecule has 0 radical (unpaired) electrons. The van der Waals surface area contributed by atoms with Gasteiger partial charge in [-0.3, -0.25) is 10.1 Å². The number of carboxylic acid groups (broad SMARTS) is 1. The van der Waals surface area contributed by atoms with E-state index in [0.29, 0.717) is 39.1 Å². The monoisotopic (exact) mass is 548 g/mol. The molecule has 1 fully saturated rings. The first-order chi connectivity index (χ1) is 16.8. The summed E-state index contributed by atoms with van der Waals surface area (Å²) >= 11 is 14.8. The number of aromatic nitrogens is 3. The van der Waals surface area contributed by atoms with Crippen molar-refractivity contribution >= 4 is 73.3 Å². The van der Waals surface area contributed by atoms with Crippen LogP contribution < -0.4 is 5.32 Å². The van der Waals surface area contributed by atoms with Gasteiger partial charge in [0.1, 0.15) is 26.2 Å². The lowest BCUT2D eigenvalue weighted by Crippen LogP contribution is -2.18. The second kappa shape index (κ2) is 9.13. The number of halogens is 2. The van der Waals surface area contributed by atoms with Crippen molar-refractivity contribution in [2.24, 2.45) is 0 Å². The first-order valence-electron chi connectivity index (χ1n) is 10.2. The van der Waals surface area contributed by atoms with E-state index < -0.39 is 23.6 Å². The molecule has 0 bridgehead atoms. The summed E-state index contributed by atoms with van der Waals surface area (Å²) in [4.78, 5) is 32.7. The summed E-state index contributed by atoms with van der Waals surface area (Å²) in [6.07, 6.45) is -0.243. The predicted molar refractivity (Wildman–Crippen MR) is 131 cm³/mol. The highest BCUT2D eigenvalue weighted by molar-refractivity contribution is 7.38. The molecule has 1 aliphatic carbocycles. The van der Waals surface area contributed by atoms with Crippen molar-refractivity contribution in [3.63, 3.8) is 0 Å². The van der Waals surface area contributed by atoms with Gasteiger partial charge in [0.05, 0.1) is 0 Å². The van der Waals surface area contributed by atoms with E-state index in [4.69, 9.17) is 32.5 Å². The maximum absolute atomic E-state index is 12.4. The Hall–Kier alpha value is -3.17. The Morgan fingerprint density at radius 2 is 2.00 bits per heavy atom. The molecule has 0 aliphatic heterocycles. The summed E-state index contributed by atoms with van der Waals surface area (Å²) < 4.78 is 11.3. The molecule has 0 saturated heterocycles. The summed E-state index contributed by atoms with van der Waals surface area (Å²) in [5.41, 5.74) is 0.299. The summed E-state index contributed by atoms with van der Waals surface area (Å²) in [6, 6.07) is 7.03. The van der Waals surface area contributed by atoms with Gasteiger partial charge in [-0.25, -0.2) is 14.8 Å². The third-order valence-corrected chi connectivity index (χ3v) is 8.23. The van der Waals surface area contributed by atoms with Crippen molar-refractivity contribution in [1.29, 1.82) is 0 Å². The number of nitrogens with zero attached hydrogens (tertiary/aromatic N) is 3. The number of carboxylic acids is 1. The zero-order valence-corrected chi connectivity index (χ0v) is 20.9. The minimum Gasteiger partial charge on any atom is -0.481 e. The van der Waals surface area contributed by atoms with Crippen LogP contribution in [0.1, 0.15) is 47.2 Å². The number of thiazole rings is 2. The van der Waals surface area contributed by atoms with Crippen molar-refractivity contribution in [1.82, 2.24) is 15.1 Å². The van der Waals surface area contributed by atoms with Crippen LogP contribution in [0.5, 0.6) is 0 Å². The molecular formula is C22H14Cl2N4O5S2. The predicted octanol–water partition coefficient (Wildman–Crippen LogP) is 5.87. The molecule has 35 heavy (non-hydrogen) atoms. The molecule has 0 spiro atoms. The number of benzene rings is 1. The lowest BCUT2D eigenvalue weighted by molar-refractivity contribution is -0.140. The fourth-order valence-electron chi connectivity index (χ4n) is 3.28. The number of carbonyl (C=O) groups is 2. The standard InChI is InChI=1S/C22H14Cl2N4O5S2/c1-10(11-4-2-3-5-12(11)23)32-21(31)26-15-13(33-28-16(15)24)6-7-14-25-17-18(34-14)35-19(27-17)22(8-9-22)20(29)30/h2-5,10H,8-9H2,1H3,(H,26,31)(H,29,30). The lowest BCUT2D eigenvalue weighted by Gasteiger charge is -2.15. The molecular weight excluding hydrogens is 535 g/mol. The van der Waals surface area contributed by atoms with Crippen molar-refractivity contribution in [2.75, 3.05) is 5.32 Å². The van der Waals surface area contributed by atoms with Gasteiger partial charge in [0, 0.05) is 10.6 Å². The SMILES string of the molecule is CC(OC(=O)Nc1c(Cl)noc1C#Cc1nc2nc(C3(C(=O)O)CC3)sc2s1)c1ccccc1Cl. The van der Waals surface area contributed by atoms with Gasteiger partial charge in [-0.15, -0.1) is 11.3 Å². The Bertz CT molecular complexity index is 1500. The van der Waals surface area contributed by atoms with Crippen LogP contribution in [0.15, 0.2) is 28.8 Å². The first kappa shape index (κ1) is 23.6. The maximum Gasteiger partial charge on any atom is 0.412 e. The van der Waals surface area contributed by atoms with Gasteiger partial charge in [-0.05, 0) is 37.7 Å². The van der Waals surface area contributed by atoms with Crippen LogP contribution in [0.25, 0.3) is 9.66 Å². The Balaban J connectivity index is 1.30. The number of hydrogen-bond acceptors (Lipinski definition) is 9. The van der Waals surface area contributed by atoms with E-state index in [1.165, 1.54) is 22.7 Å². The van der Waals surface area contributed by atoms with E-state index >= 15 is 0 Å². The van der Waals surface area contributed by atoms with Crippen LogP contribution in [0, 0.1) is 11.8 Å². The minimum atomic E-state index is -0.869. The average Bonchev–Trinajstić information content (AvgIpc) is 3.25. The number of hydrogen-bond donors (Lipinski definition) is 2. The maximum atomic E-state index is 12.4. The van der Waals surface area contributed by atoms with Crippen molar-refractivity contribution < 1.29 is 24.0 Å². The number of rotatable bonds is 5. The third kappa shape index (κ3) is 4.58. The lowest BCUT2D eigenvalue weighted by atomic mass is 10.1. The molecule has 3 heterocycles. The Morgan fingerprint density at radius 1 is 1.23 bits per heavy atom. The number of amides is 1. The third-order valence-electron chi connectivity index (χ3n) is 5.33.